The summed E-state index contributed by atoms with van der Waals surface area (Å²) in [5.41, 5.74) is -0.131. The van der Waals surface area contributed by atoms with Gasteiger partial charge in [0.05, 0.1) is 12.2 Å². The Morgan fingerprint density at radius 3 is 2.76 bits per heavy atom. The van der Waals surface area contributed by atoms with Crippen LogP contribution in [0.25, 0.3) is 0 Å². The van der Waals surface area contributed by atoms with E-state index < -0.39 is 0 Å². The number of hydrogen-bond acceptors (Lipinski definition) is 3. The quantitative estimate of drug-likeness (QED) is 0.712. The van der Waals surface area contributed by atoms with Crippen LogP contribution in [0.5, 0.6) is 0 Å². The zero-order valence-corrected chi connectivity index (χ0v) is 11.6. The van der Waals surface area contributed by atoms with Gasteiger partial charge in [-0.05, 0) is 18.8 Å². The van der Waals surface area contributed by atoms with E-state index in [1.165, 1.54) is 0 Å². The number of Topliss-reactive ketones (excluding diaryl/α,β-unsaturated/α-hetero) is 1. The van der Waals surface area contributed by atoms with Gasteiger partial charge in [-0.25, -0.2) is 0 Å². The predicted molar refractivity (Wildman–Crippen MR) is 65.9 cm³/mol. The first-order valence-electron chi connectivity index (χ1n) is 6.58. The van der Waals surface area contributed by atoms with Gasteiger partial charge in [-0.1, -0.05) is 20.8 Å². The SMILES string of the molecule is COC(C)CC1OC12C(C)C(=O)CCC2(C)C. The second-order valence-electron chi connectivity index (χ2n) is 6.25. The Kier molecular flexibility index (Phi) is 3.11. The summed E-state index contributed by atoms with van der Waals surface area (Å²) in [6, 6.07) is 0. The topological polar surface area (TPSA) is 38.8 Å². The fraction of sp³-hybridized carbons (Fsp3) is 0.929. The molecule has 1 aliphatic carbocycles. The van der Waals surface area contributed by atoms with Crippen LogP contribution in [0.1, 0.15) is 47.0 Å². The Labute approximate surface area is 104 Å². The van der Waals surface area contributed by atoms with E-state index in [9.17, 15) is 4.79 Å². The molecule has 2 fully saturated rings. The van der Waals surface area contributed by atoms with Crippen molar-refractivity contribution in [1.29, 1.82) is 0 Å². The summed E-state index contributed by atoms with van der Waals surface area (Å²) < 4.78 is 11.3. The lowest BCUT2D eigenvalue weighted by Gasteiger charge is -2.40. The molecule has 0 bridgehead atoms. The number of rotatable bonds is 3. The van der Waals surface area contributed by atoms with E-state index in [0.29, 0.717) is 12.2 Å². The number of ketones is 1. The summed E-state index contributed by atoms with van der Waals surface area (Å²) in [5, 5.41) is 0. The van der Waals surface area contributed by atoms with Gasteiger partial charge in [0.15, 0.2) is 0 Å². The van der Waals surface area contributed by atoms with Crippen LogP contribution in [-0.2, 0) is 14.3 Å². The second kappa shape index (κ2) is 4.06. The van der Waals surface area contributed by atoms with Gasteiger partial charge >= 0.3 is 0 Å². The maximum atomic E-state index is 11.9. The normalized spacial score (nSPS) is 41.6. The molecule has 17 heavy (non-hydrogen) atoms. The first kappa shape index (κ1) is 13.0. The Balaban J connectivity index is 2.15. The lowest BCUT2D eigenvalue weighted by atomic mass is 9.61. The summed E-state index contributed by atoms with van der Waals surface area (Å²) in [6.45, 7) is 8.54. The molecule has 98 valence electrons. The third-order valence-electron chi connectivity index (χ3n) is 4.89. The number of hydrogen-bond donors (Lipinski definition) is 0. The predicted octanol–water partition coefficient (Wildman–Crippen LogP) is 2.57. The van der Waals surface area contributed by atoms with Crippen molar-refractivity contribution in [2.24, 2.45) is 11.3 Å². The van der Waals surface area contributed by atoms with Gasteiger partial charge in [0.25, 0.3) is 0 Å². The molecule has 0 aromatic heterocycles. The van der Waals surface area contributed by atoms with E-state index in [4.69, 9.17) is 9.47 Å². The summed E-state index contributed by atoms with van der Waals surface area (Å²) >= 11 is 0. The van der Waals surface area contributed by atoms with Gasteiger partial charge < -0.3 is 9.47 Å². The molecule has 1 spiro atoms. The number of ether oxygens (including phenoxy) is 2. The van der Waals surface area contributed by atoms with Crippen LogP contribution in [0.15, 0.2) is 0 Å². The van der Waals surface area contributed by atoms with Gasteiger partial charge in [0, 0.05) is 25.9 Å². The number of epoxide rings is 1. The number of methoxy groups -OCH3 is 1. The lowest BCUT2D eigenvalue weighted by Crippen LogP contribution is -2.48. The highest BCUT2D eigenvalue weighted by Gasteiger charge is 2.70. The van der Waals surface area contributed by atoms with E-state index >= 15 is 0 Å². The minimum Gasteiger partial charge on any atom is -0.382 e. The highest BCUT2D eigenvalue weighted by atomic mass is 16.6. The van der Waals surface area contributed by atoms with Crippen molar-refractivity contribution >= 4 is 5.78 Å². The van der Waals surface area contributed by atoms with Crippen molar-refractivity contribution in [3.8, 4) is 0 Å². The summed E-state index contributed by atoms with van der Waals surface area (Å²) in [6.07, 6.45) is 2.91. The molecule has 3 nitrogen and oxygen atoms in total. The Hall–Kier alpha value is -0.410. The van der Waals surface area contributed by atoms with E-state index in [1.54, 1.807) is 7.11 Å². The summed E-state index contributed by atoms with van der Waals surface area (Å²) in [5.74, 6) is 0.386. The summed E-state index contributed by atoms with van der Waals surface area (Å²) in [4.78, 5) is 11.9. The van der Waals surface area contributed by atoms with Crippen LogP contribution < -0.4 is 0 Å². The molecule has 1 saturated carbocycles. The van der Waals surface area contributed by atoms with Crippen molar-refractivity contribution in [1.82, 2.24) is 0 Å². The minimum atomic E-state index is -0.227. The molecule has 1 heterocycles. The van der Waals surface area contributed by atoms with E-state index in [1.807, 2.05) is 6.92 Å². The molecule has 4 unspecified atom stereocenters. The maximum absolute atomic E-state index is 11.9. The molecule has 2 aliphatic rings. The lowest BCUT2D eigenvalue weighted by molar-refractivity contribution is -0.131. The Bertz CT molecular complexity index is 323. The smallest absolute Gasteiger partial charge is 0.138 e. The van der Waals surface area contributed by atoms with E-state index in [0.717, 1.165) is 12.8 Å². The molecule has 0 amide bonds. The largest absolute Gasteiger partial charge is 0.382 e. The number of carbonyl (C=O) groups excluding carboxylic acids is 1. The van der Waals surface area contributed by atoms with Crippen molar-refractivity contribution in [2.45, 2.75) is 64.8 Å². The highest BCUT2D eigenvalue weighted by molar-refractivity contribution is 5.84. The molecule has 0 aromatic carbocycles. The fourth-order valence-electron chi connectivity index (χ4n) is 3.47. The molecule has 2 rings (SSSR count). The second-order valence-corrected chi connectivity index (χ2v) is 6.25. The van der Waals surface area contributed by atoms with Gasteiger partial charge in [-0.15, -0.1) is 0 Å². The summed E-state index contributed by atoms with van der Waals surface area (Å²) in [7, 11) is 1.72. The van der Waals surface area contributed by atoms with Gasteiger partial charge in [0.2, 0.25) is 0 Å². The van der Waals surface area contributed by atoms with Crippen molar-refractivity contribution < 1.29 is 14.3 Å². The monoisotopic (exact) mass is 240 g/mol. The van der Waals surface area contributed by atoms with Crippen LogP contribution in [0.2, 0.25) is 0 Å². The molecule has 4 atom stereocenters. The molecular formula is C14H24O3. The zero-order chi connectivity index (χ0) is 12.8. The Morgan fingerprint density at radius 1 is 1.53 bits per heavy atom. The third-order valence-corrected chi connectivity index (χ3v) is 4.89. The van der Waals surface area contributed by atoms with Gasteiger partial charge in [-0.3, -0.25) is 4.79 Å². The van der Waals surface area contributed by atoms with Crippen molar-refractivity contribution in [3.05, 3.63) is 0 Å². The first-order chi connectivity index (χ1) is 7.85. The molecular weight excluding hydrogens is 216 g/mol. The average molecular weight is 240 g/mol. The Morgan fingerprint density at radius 2 is 2.18 bits per heavy atom. The van der Waals surface area contributed by atoms with Crippen LogP contribution in [-0.4, -0.2) is 30.7 Å². The minimum absolute atomic E-state index is 0.0281. The average Bonchev–Trinajstić information content (AvgIpc) is 2.98. The van der Waals surface area contributed by atoms with Crippen LogP contribution in [0, 0.1) is 11.3 Å². The molecule has 0 N–H and O–H groups in total. The number of carbonyl (C=O) groups is 1. The van der Waals surface area contributed by atoms with Gasteiger partial charge in [-0.2, -0.15) is 0 Å². The third kappa shape index (κ3) is 1.84. The van der Waals surface area contributed by atoms with E-state index in [2.05, 4.69) is 20.8 Å². The van der Waals surface area contributed by atoms with Gasteiger partial charge in [0.1, 0.15) is 11.4 Å². The maximum Gasteiger partial charge on any atom is 0.138 e. The molecule has 3 heteroatoms. The fourth-order valence-corrected chi connectivity index (χ4v) is 3.47. The first-order valence-corrected chi connectivity index (χ1v) is 6.58. The molecule has 1 saturated heterocycles. The highest BCUT2D eigenvalue weighted by Crippen LogP contribution is 2.61. The van der Waals surface area contributed by atoms with Crippen molar-refractivity contribution in [3.63, 3.8) is 0 Å². The van der Waals surface area contributed by atoms with Crippen LogP contribution in [0.3, 0.4) is 0 Å². The molecule has 0 radical (unpaired) electrons. The standard InChI is InChI=1S/C14H24O3/c1-9(16-5)8-12-14(17-12)10(2)11(15)6-7-13(14,3)4/h9-10,12H,6-8H2,1-5H3. The molecule has 0 aromatic rings. The van der Waals surface area contributed by atoms with Crippen molar-refractivity contribution in [2.75, 3.05) is 7.11 Å². The molecule has 1 aliphatic heterocycles. The zero-order valence-electron chi connectivity index (χ0n) is 11.6. The van der Waals surface area contributed by atoms with E-state index in [-0.39, 0.29) is 29.1 Å². The van der Waals surface area contributed by atoms with Crippen LogP contribution in [0.4, 0.5) is 0 Å². The van der Waals surface area contributed by atoms with Crippen LogP contribution >= 0.6 is 0 Å².